The van der Waals surface area contributed by atoms with Gasteiger partial charge in [-0.1, -0.05) is 24.3 Å². The molecule has 0 saturated heterocycles. The van der Waals surface area contributed by atoms with E-state index in [1.165, 1.54) is 12.5 Å². The molecule has 3 N–H and O–H groups in total. The van der Waals surface area contributed by atoms with Crippen LogP contribution in [-0.4, -0.2) is 18.0 Å². The van der Waals surface area contributed by atoms with Crippen LogP contribution in [0.1, 0.15) is 11.1 Å². The molecule has 1 aromatic carbocycles. The Morgan fingerprint density at radius 2 is 2.00 bits per heavy atom. The first-order chi connectivity index (χ1) is 9.03. The lowest BCUT2D eigenvalue weighted by atomic mass is 10.1. The number of nitrogens with zero attached hydrogens (tertiary/aromatic N) is 2. The molecule has 7 heteroatoms. The quantitative estimate of drug-likeness (QED) is 0.827. The summed E-state index contributed by atoms with van der Waals surface area (Å²) in [6.07, 6.45) is 2.90. The second-order valence-electron chi connectivity index (χ2n) is 4.17. The van der Waals surface area contributed by atoms with E-state index in [4.69, 9.17) is 5.73 Å². The maximum atomic E-state index is 12.0. The summed E-state index contributed by atoms with van der Waals surface area (Å²) in [6, 6.07) is 7.45. The Morgan fingerprint density at radius 3 is 2.58 bits per heavy atom. The first kappa shape index (κ1) is 13.7. The van der Waals surface area contributed by atoms with E-state index in [2.05, 4.69) is 9.71 Å². The van der Waals surface area contributed by atoms with Crippen molar-refractivity contribution in [1.29, 1.82) is 0 Å². The van der Waals surface area contributed by atoms with Gasteiger partial charge in [0, 0.05) is 26.3 Å². The van der Waals surface area contributed by atoms with Crippen molar-refractivity contribution >= 4 is 10.0 Å². The highest BCUT2D eigenvalue weighted by Crippen LogP contribution is 2.10. The summed E-state index contributed by atoms with van der Waals surface area (Å²) in [5.41, 5.74) is 7.40. The van der Waals surface area contributed by atoms with Crippen molar-refractivity contribution in [2.75, 3.05) is 0 Å². The van der Waals surface area contributed by atoms with Crippen molar-refractivity contribution in [3.05, 3.63) is 47.9 Å². The van der Waals surface area contributed by atoms with E-state index in [-0.39, 0.29) is 11.6 Å². The smallest absolute Gasteiger partial charge is 0.259 e. The van der Waals surface area contributed by atoms with Gasteiger partial charge in [-0.3, -0.25) is 0 Å². The lowest BCUT2D eigenvalue weighted by Gasteiger charge is -2.08. The molecule has 0 bridgehead atoms. The summed E-state index contributed by atoms with van der Waals surface area (Å²) < 4.78 is 28.1. The second kappa shape index (κ2) is 5.52. The molecule has 1 aromatic heterocycles. The van der Waals surface area contributed by atoms with E-state index < -0.39 is 10.0 Å². The number of nitrogens with one attached hydrogen (secondary N) is 1. The maximum Gasteiger partial charge on any atom is 0.259 e. The van der Waals surface area contributed by atoms with E-state index in [0.717, 1.165) is 11.1 Å². The third-order valence-electron chi connectivity index (χ3n) is 2.75. The number of hydrogen-bond donors (Lipinski definition) is 2. The highest BCUT2D eigenvalue weighted by atomic mass is 32.2. The minimum absolute atomic E-state index is 0.0141. The molecule has 0 spiro atoms. The van der Waals surface area contributed by atoms with Gasteiger partial charge in [0.2, 0.25) is 0 Å². The molecule has 0 aliphatic carbocycles. The van der Waals surface area contributed by atoms with Crippen molar-refractivity contribution in [1.82, 2.24) is 14.3 Å². The highest BCUT2D eigenvalue weighted by molar-refractivity contribution is 7.89. The van der Waals surface area contributed by atoms with Crippen LogP contribution < -0.4 is 10.5 Å². The maximum absolute atomic E-state index is 12.0. The summed E-state index contributed by atoms with van der Waals surface area (Å²) in [4.78, 5) is 3.83. The number of aromatic nitrogens is 2. The van der Waals surface area contributed by atoms with Crippen LogP contribution in [0.4, 0.5) is 0 Å². The Bertz CT molecular complexity index is 664. The molecule has 0 unspecified atom stereocenters. The largest absolute Gasteiger partial charge is 0.339 e. The van der Waals surface area contributed by atoms with Gasteiger partial charge in [-0.25, -0.2) is 18.1 Å². The van der Waals surface area contributed by atoms with Crippen LogP contribution in [0.25, 0.3) is 0 Å². The van der Waals surface area contributed by atoms with Gasteiger partial charge in [0.15, 0.2) is 5.03 Å². The van der Waals surface area contributed by atoms with Crippen molar-refractivity contribution in [2.45, 2.75) is 18.1 Å². The van der Waals surface area contributed by atoms with Crippen LogP contribution in [0.5, 0.6) is 0 Å². The van der Waals surface area contributed by atoms with Gasteiger partial charge in [-0.05, 0) is 11.1 Å². The van der Waals surface area contributed by atoms with Gasteiger partial charge < -0.3 is 10.3 Å². The molecule has 102 valence electrons. The zero-order valence-electron chi connectivity index (χ0n) is 10.6. The molecule has 2 aromatic rings. The van der Waals surface area contributed by atoms with Crippen molar-refractivity contribution in [3.8, 4) is 0 Å². The van der Waals surface area contributed by atoms with Crippen LogP contribution in [0.3, 0.4) is 0 Å². The molecule has 0 aliphatic rings. The zero-order chi connectivity index (χ0) is 13.9. The van der Waals surface area contributed by atoms with Gasteiger partial charge in [0.05, 0.1) is 6.33 Å². The lowest BCUT2D eigenvalue weighted by molar-refractivity contribution is 0.577. The lowest BCUT2D eigenvalue weighted by Crippen LogP contribution is -2.24. The average molecular weight is 280 g/mol. The molecule has 19 heavy (non-hydrogen) atoms. The number of imidazole rings is 1. The molecule has 0 aliphatic heterocycles. The van der Waals surface area contributed by atoms with E-state index in [1.54, 1.807) is 11.6 Å². The standard InChI is InChI=1S/C12H16N4O2S/c1-16-8-12(14-9-16)19(17,18)15-7-11-5-3-2-4-10(11)6-13/h2-5,8-9,15H,6-7,13H2,1H3. The normalized spacial score (nSPS) is 11.7. The molecule has 0 saturated carbocycles. The number of hydrogen-bond acceptors (Lipinski definition) is 4. The van der Waals surface area contributed by atoms with Crippen LogP contribution in [0.15, 0.2) is 41.8 Å². The van der Waals surface area contributed by atoms with Crippen LogP contribution >= 0.6 is 0 Å². The monoisotopic (exact) mass is 280 g/mol. The fourth-order valence-electron chi connectivity index (χ4n) is 1.70. The van der Waals surface area contributed by atoms with Gasteiger partial charge in [0.25, 0.3) is 10.0 Å². The van der Waals surface area contributed by atoms with Crippen LogP contribution in [0.2, 0.25) is 0 Å². The van der Waals surface area contributed by atoms with Crippen molar-refractivity contribution in [3.63, 3.8) is 0 Å². The first-order valence-corrected chi connectivity index (χ1v) is 7.26. The number of benzene rings is 1. The molecule has 2 rings (SSSR count). The van der Waals surface area contributed by atoms with Crippen LogP contribution in [0, 0.1) is 0 Å². The number of nitrogens with two attached hydrogens (primary N) is 1. The predicted octanol–water partition coefficient (Wildman–Crippen LogP) is 0.357. The Kier molecular flexibility index (Phi) is 3.98. The molecule has 0 fully saturated rings. The topological polar surface area (TPSA) is 90.0 Å². The molecule has 0 atom stereocenters. The van der Waals surface area contributed by atoms with Gasteiger partial charge >= 0.3 is 0 Å². The molecule has 0 amide bonds. The summed E-state index contributed by atoms with van der Waals surface area (Å²) in [5.74, 6) is 0. The van der Waals surface area contributed by atoms with E-state index >= 15 is 0 Å². The van der Waals surface area contributed by atoms with Gasteiger partial charge in [-0.2, -0.15) is 0 Å². The van der Waals surface area contributed by atoms with E-state index in [0.29, 0.717) is 6.54 Å². The first-order valence-electron chi connectivity index (χ1n) is 5.77. The molecule has 6 nitrogen and oxygen atoms in total. The van der Waals surface area contributed by atoms with Crippen molar-refractivity contribution in [2.24, 2.45) is 12.8 Å². The molecular formula is C12H16N4O2S. The fraction of sp³-hybridized carbons (Fsp3) is 0.250. The fourth-order valence-corrected chi connectivity index (χ4v) is 2.69. The van der Waals surface area contributed by atoms with E-state index in [1.807, 2.05) is 24.3 Å². The highest BCUT2D eigenvalue weighted by Gasteiger charge is 2.16. The number of aryl methyl sites for hydroxylation is 1. The van der Waals surface area contributed by atoms with Gasteiger partial charge in [0.1, 0.15) is 0 Å². The molecule has 1 heterocycles. The molecule has 0 radical (unpaired) electrons. The minimum atomic E-state index is -3.59. The SMILES string of the molecule is Cn1cnc(S(=O)(=O)NCc2ccccc2CN)c1. The number of sulfonamides is 1. The number of rotatable bonds is 5. The minimum Gasteiger partial charge on any atom is -0.339 e. The third-order valence-corrected chi connectivity index (χ3v) is 4.03. The Balaban J connectivity index is 2.14. The second-order valence-corrected chi connectivity index (χ2v) is 5.89. The third kappa shape index (κ3) is 3.19. The Morgan fingerprint density at radius 1 is 1.32 bits per heavy atom. The Labute approximate surface area is 112 Å². The predicted molar refractivity (Wildman–Crippen MR) is 71.6 cm³/mol. The van der Waals surface area contributed by atoms with E-state index in [9.17, 15) is 8.42 Å². The van der Waals surface area contributed by atoms with Crippen molar-refractivity contribution < 1.29 is 8.42 Å². The average Bonchev–Trinajstić information content (AvgIpc) is 2.84. The van der Waals surface area contributed by atoms with Gasteiger partial charge in [-0.15, -0.1) is 0 Å². The summed E-state index contributed by atoms with van der Waals surface area (Å²) in [5, 5.41) is 0.0141. The summed E-state index contributed by atoms with van der Waals surface area (Å²) >= 11 is 0. The summed E-state index contributed by atoms with van der Waals surface area (Å²) in [7, 11) is -1.87. The van der Waals surface area contributed by atoms with Crippen LogP contribution in [-0.2, 0) is 30.2 Å². The summed E-state index contributed by atoms with van der Waals surface area (Å²) in [6.45, 7) is 0.577. The zero-order valence-corrected chi connectivity index (χ0v) is 11.4. The Hall–Kier alpha value is -1.70. The molecular weight excluding hydrogens is 264 g/mol.